The number of likely N-dealkylation sites (tertiary alicyclic amines) is 1. The molecule has 0 aromatic carbocycles. The Hall–Kier alpha value is -2.26. The summed E-state index contributed by atoms with van der Waals surface area (Å²) in [6, 6.07) is 1.76. The van der Waals surface area contributed by atoms with Gasteiger partial charge in [-0.1, -0.05) is 11.6 Å². The topological polar surface area (TPSA) is 115 Å². The van der Waals surface area contributed by atoms with E-state index in [1.165, 1.54) is 29.0 Å². The summed E-state index contributed by atoms with van der Waals surface area (Å²) in [5, 5.41) is 7.61. The van der Waals surface area contributed by atoms with Crippen LogP contribution in [0.4, 0.5) is 14.5 Å². The molecule has 2 bridgehead atoms. The maximum atomic E-state index is 13.4. The highest BCUT2D eigenvalue weighted by Crippen LogP contribution is 2.31. The summed E-state index contributed by atoms with van der Waals surface area (Å²) < 4.78 is 64.1. The van der Waals surface area contributed by atoms with E-state index in [1.807, 2.05) is 0 Å². The zero-order valence-electron chi connectivity index (χ0n) is 17.6. The highest BCUT2D eigenvalue weighted by Gasteiger charge is 2.39. The summed E-state index contributed by atoms with van der Waals surface area (Å²) in [5.74, 6) is -1.01. The molecule has 0 radical (unpaired) electrons. The fourth-order valence-electron chi connectivity index (χ4n) is 4.01. The van der Waals surface area contributed by atoms with Crippen molar-refractivity contribution in [3.8, 4) is 10.8 Å². The van der Waals surface area contributed by atoms with E-state index in [4.69, 9.17) is 20.8 Å². The van der Waals surface area contributed by atoms with Crippen LogP contribution in [0.15, 0.2) is 29.1 Å². The van der Waals surface area contributed by atoms with Crippen LogP contribution in [0.5, 0.6) is 0 Å². The molecule has 0 aliphatic carbocycles. The Morgan fingerprint density at radius 3 is 2.82 bits per heavy atom. The minimum atomic E-state index is -3.79. The van der Waals surface area contributed by atoms with Gasteiger partial charge in [0, 0.05) is 25.3 Å². The van der Waals surface area contributed by atoms with Gasteiger partial charge >= 0.3 is 6.43 Å². The van der Waals surface area contributed by atoms with Gasteiger partial charge < -0.3 is 9.15 Å². The van der Waals surface area contributed by atoms with Crippen LogP contribution in [0.2, 0.25) is 5.02 Å². The normalized spacial score (nSPS) is 20.5. The monoisotopic (exact) mass is 532 g/mol. The highest BCUT2D eigenvalue weighted by atomic mass is 35.5. The lowest BCUT2D eigenvalue weighted by Crippen LogP contribution is -2.42. The Labute approximate surface area is 202 Å². The van der Waals surface area contributed by atoms with E-state index >= 15 is 0 Å². The van der Waals surface area contributed by atoms with Crippen LogP contribution in [0.3, 0.4) is 0 Å². The number of alkyl halides is 2. The van der Waals surface area contributed by atoms with Gasteiger partial charge in [0.1, 0.15) is 9.88 Å². The van der Waals surface area contributed by atoms with Gasteiger partial charge in [-0.25, -0.2) is 13.4 Å². The molecule has 0 saturated carbocycles. The Balaban J connectivity index is 1.36. The van der Waals surface area contributed by atoms with Crippen molar-refractivity contribution in [2.75, 3.05) is 29.8 Å². The smallest absolute Gasteiger partial charge is 0.314 e. The van der Waals surface area contributed by atoms with E-state index in [2.05, 4.69) is 25.1 Å². The molecule has 5 rings (SSSR count). The van der Waals surface area contributed by atoms with Crippen molar-refractivity contribution in [3.63, 3.8) is 0 Å². The molecule has 3 aromatic heterocycles. The van der Waals surface area contributed by atoms with Crippen LogP contribution >= 0.6 is 22.9 Å². The van der Waals surface area contributed by atoms with E-state index in [-0.39, 0.29) is 35.4 Å². The molecule has 0 spiro atoms. The van der Waals surface area contributed by atoms with Crippen molar-refractivity contribution in [1.29, 1.82) is 0 Å². The Kier molecular flexibility index (Phi) is 6.50. The first kappa shape index (κ1) is 23.5. The van der Waals surface area contributed by atoms with E-state index in [1.54, 1.807) is 0 Å². The number of sulfonamides is 1. The van der Waals surface area contributed by atoms with Gasteiger partial charge in [0.05, 0.1) is 48.1 Å². The lowest BCUT2D eigenvalue weighted by atomic mass is 10.2. The molecule has 2 fully saturated rings. The molecule has 10 nitrogen and oxygen atoms in total. The van der Waals surface area contributed by atoms with E-state index < -0.39 is 22.3 Å². The van der Waals surface area contributed by atoms with Crippen LogP contribution in [0.25, 0.3) is 10.8 Å². The van der Waals surface area contributed by atoms with E-state index in [0.29, 0.717) is 28.7 Å². The SMILES string of the molecule is O=S(=O)(CCN1C[C@@H]2C[C@H]1CO2)N(Cc1ncc(-c2nnc(C(F)F)o2)s1)c1cncc(Cl)c1. The predicted octanol–water partition coefficient (Wildman–Crippen LogP) is 2.99. The largest absolute Gasteiger partial charge is 0.414 e. The molecule has 34 heavy (non-hydrogen) atoms. The quantitative estimate of drug-likeness (QED) is 0.410. The molecule has 0 amide bonds. The summed E-state index contributed by atoms with van der Waals surface area (Å²) in [6.07, 6.45) is 2.41. The molecule has 2 atom stereocenters. The number of halogens is 3. The molecule has 0 N–H and O–H groups in total. The predicted molar refractivity (Wildman–Crippen MR) is 119 cm³/mol. The van der Waals surface area contributed by atoms with Gasteiger partial charge in [0.15, 0.2) is 0 Å². The van der Waals surface area contributed by atoms with E-state index in [0.717, 1.165) is 24.3 Å². The molecule has 0 unspecified atom stereocenters. The molecular weight excluding hydrogens is 514 g/mol. The zero-order valence-corrected chi connectivity index (χ0v) is 19.9. The third-order valence-corrected chi connectivity index (χ3v) is 8.52. The number of hydrogen-bond acceptors (Lipinski definition) is 10. The van der Waals surface area contributed by atoms with Gasteiger partial charge in [-0.05, 0) is 12.5 Å². The Morgan fingerprint density at radius 2 is 2.15 bits per heavy atom. The molecular formula is C19H19ClF2N6O4S2. The molecule has 15 heteroatoms. The van der Waals surface area contributed by atoms with E-state index in [9.17, 15) is 17.2 Å². The lowest BCUT2D eigenvalue weighted by molar-refractivity contribution is 0.0332. The third kappa shape index (κ3) is 4.91. The van der Waals surface area contributed by atoms with Crippen molar-refractivity contribution in [2.45, 2.75) is 31.5 Å². The standard InChI is InChI=1S/C19H19ClF2N6O4S2/c20-11-3-12(6-23-5-11)28(34(29,30)2-1-27-8-14-4-13(27)10-31-14)9-16-24-7-15(33-16)18-25-26-19(32-18)17(21)22/h3,5-7,13-14,17H,1-2,4,8-10H2/t13-,14-/m0/s1. The molecule has 2 aliphatic rings. The Morgan fingerprint density at radius 1 is 1.29 bits per heavy atom. The molecule has 5 heterocycles. The number of aromatic nitrogens is 4. The summed E-state index contributed by atoms with van der Waals surface area (Å²) in [7, 11) is -3.79. The fourth-order valence-corrected chi connectivity index (χ4v) is 6.51. The number of pyridine rings is 1. The second-order valence-corrected chi connectivity index (χ2v) is 11.5. The number of hydrogen-bond donors (Lipinski definition) is 0. The second-order valence-electron chi connectivity index (χ2n) is 7.89. The zero-order chi connectivity index (χ0) is 23.9. The lowest BCUT2D eigenvalue weighted by Gasteiger charge is -2.28. The molecule has 2 saturated heterocycles. The maximum absolute atomic E-state index is 13.4. The first-order valence-corrected chi connectivity index (χ1v) is 13.1. The molecule has 3 aromatic rings. The number of nitrogens with zero attached hydrogens (tertiary/aromatic N) is 6. The number of thiazole rings is 1. The average molecular weight is 533 g/mol. The number of rotatable bonds is 9. The van der Waals surface area contributed by atoms with Crippen molar-refractivity contribution in [2.24, 2.45) is 0 Å². The first-order chi connectivity index (χ1) is 16.3. The average Bonchev–Trinajstić information content (AvgIpc) is 3.60. The second kappa shape index (κ2) is 9.41. The number of ether oxygens (including phenoxy) is 1. The fraction of sp³-hybridized carbons (Fsp3) is 0.474. The van der Waals surface area contributed by atoms with Crippen LogP contribution in [-0.4, -0.2) is 71.1 Å². The number of anilines is 1. The minimum absolute atomic E-state index is 0.0972. The summed E-state index contributed by atoms with van der Waals surface area (Å²) in [5.41, 5.74) is 0.299. The minimum Gasteiger partial charge on any atom is -0.414 e. The van der Waals surface area contributed by atoms with Crippen molar-refractivity contribution in [3.05, 3.63) is 40.6 Å². The summed E-state index contributed by atoms with van der Waals surface area (Å²) in [6.45, 7) is 1.62. The van der Waals surface area contributed by atoms with Crippen molar-refractivity contribution >= 4 is 38.6 Å². The number of fused-ring (bicyclic) bond motifs is 2. The van der Waals surface area contributed by atoms with Crippen LogP contribution < -0.4 is 4.31 Å². The van der Waals surface area contributed by atoms with Gasteiger partial charge in [0.25, 0.3) is 11.8 Å². The van der Waals surface area contributed by atoms with Crippen LogP contribution in [-0.2, 0) is 21.3 Å². The van der Waals surface area contributed by atoms with Crippen LogP contribution in [0.1, 0.15) is 23.7 Å². The summed E-state index contributed by atoms with van der Waals surface area (Å²) in [4.78, 5) is 10.7. The van der Waals surface area contributed by atoms with Crippen LogP contribution in [0, 0.1) is 0 Å². The van der Waals surface area contributed by atoms with Crippen molar-refractivity contribution in [1.82, 2.24) is 25.1 Å². The Bertz CT molecular complexity index is 1270. The van der Waals surface area contributed by atoms with Gasteiger partial charge in [-0.15, -0.1) is 21.5 Å². The highest BCUT2D eigenvalue weighted by molar-refractivity contribution is 7.92. The number of morpholine rings is 1. The van der Waals surface area contributed by atoms with Crippen molar-refractivity contribution < 1.29 is 26.4 Å². The molecule has 2 aliphatic heterocycles. The summed E-state index contributed by atoms with van der Waals surface area (Å²) >= 11 is 7.14. The molecule has 182 valence electrons. The maximum Gasteiger partial charge on any atom is 0.314 e. The van der Waals surface area contributed by atoms with Gasteiger partial charge in [0.2, 0.25) is 10.0 Å². The van der Waals surface area contributed by atoms with Gasteiger partial charge in [-0.3, -0.25) is 14.2 Å². The first-order valence-electron chi connectivity index (χ1n) is 10.3. The third-order valence-electron chi connectivity index (χ3n) is 5.64. The van der Waals surface area contributed by atoms with Gasteiger partial charge in [-0.2, -0.15) is 8.78 Å².